The molecule has 0 aliphatic heterocycles. The molecule has 1 N–H and O–H groups in total. The third-order valence-electron chi connectivity index (χ3n) is 6.01. The fourth-order valence-corrected chi connectivity index (χ4v) is 4.00. The van der Waals surface area contributed by atoms with Crippen LogP contribution in [0.5, 0.6) is 0 Å². The summed E-state index contributed by atoms with van der Waals surface area (Å²) in [6, 6.07) is 20.0. The van der Waals surface area contributed by atoms with E-state index in [1.54, 1.807) is 12.6 Å². The predicted molar refractivity (Wildman–Crippen MR) is 147 cm³/mol. The molecule has 5 rings (SSSR count). The molecule has 0 spiro atoms. The smallest absolute Gasteiger partial charge is 0.220 e. The summed E-state index contributed by atoms with van der Waals surface area (Å²) < 4.78 is 2.00. The number of amides is 1. The van der Waals surface area contributed by atoms with Crippen LogP contribution >= 0.6 is 12.6 Å². The standard InChI is InChI=1S/C20H22N4O.C8H10.CH4S/c25-20(21-15-17-9-3-1-4-10-17)14-8-7-13-19-23-22-16-24(19)18-11-5-2-6-12-18;1-6-2-3-7-5-8(7)4-6;1-2/h1-6,9-12,16H,7-8,13-15H2,(H,21,25);2-4,7-8H,5H2,1H3;2H,1H3. The summed E-state index contributed by atoms with van der Waals surface area (Å²) in [6.07, 6.45) is 14.9. The third-order valence-corrected chi connectivity index (χ3v) is 6.01. The molecule has 184 valence electrons. The molecule has 6 heteroatoms. The van der Waals surface area contributed by atoms with Gasteiger partial charge in [0, 0.05) is 25.1 Å². The number of hydrogen-bond acceptors (Lipinski definition) is 4. The second kappa shape index (κ2) is 14.3. The summed E-state index contributed by atoms with van der Waals surface area (Å²) in [5.74, 6) is 2.88. The van der Waals surface area contributed by atoms with Gasteiger partial charge in [-0.1, -0.05) is 72.3 Å². The van der Waals surface area contributed by atoms with Crippen molar-refractivity contribution < 1.29 is 4.79 Å². The molecule has 35 heavy (non-hydrogen) atoms. The Morgan fingerprint density at radius 2 is 1.74 bits per heavy atom. The van der Waals surface area contributed by atoms with Crippen molar-refractivity contribution in [3.63, 3.8) is 0 Å². The molecule has 0 radical (unpaired) electrons. The van der Waals surface area contributed by atoms with E-state index in [2.05, 4.69) is 53.3 Å². The molecule has 2 unspecified atom stereocenters. The Balaban J connectivity index is 0.000000283. The fraction of sp³-hybridized carbons (Fsp3) is 0.345. The molecule has 1 saturated carbocycles. The van der Waals surface area contributed by atoms with Gasteiger partial charge in [-0.15, -0.1) is 10.2 Å². The number of nitrogens with zero attached hydrogens (tertiary/aromatic N) is 3. The minimum Gasteiger partial charge on any atom is -0.352 e. The molecule has 1 heterocycles. The zero-order valence-electron chi connectivity index (χ0n) is 20.7. The molecule has 2 aliphatic carbocycles. The summed E-state index contributed by atoms with van der Waals surface area (Å²) >= 11 is 3.53. The van der Waals surface area contributed by atoms with Crippen LogP contribution in [0.4, 0.5) is 0 Å². The summed E-state index contributed by atoms with van der Waals surface area (Å²) in [4.78, 5) is 11.9. The average molecular weight is 489 g/mol. The molecular weight excluding hydrogens is 452 g/mol. The Morgan fingerprint density at radius 3 is 2.43 bits per heavy atom. The van der Waals surface area contributed by atoms with Crippen molar-refractivity contribution in [2.45, 2.75) is 45.6 Å². The maximum absolute atomic E-state index is 11.9. The second-order valence-corrected chi connectivity index (χ2v) is 8.76. The molecular formula is C29H36N4OS. The van der Waals surface area contributed by atoms with Crippen LogP contribution in [0.15, 0.2) is 90.8 Å². The van der Waals surface area contributed by atoms with Gasteiger partial charge in [-0.05, 0) is 62.0 Å². The Bertz CT molecular complexity index is 1090. The second-order valence-electron chi connectivity index (χ2n) is 8.76. The molecule has 2 aliphatic rings. The SMILES string of the molecule is CC1=CC2CC2C=C1.CS.O=C(CCCCc1nncn1-c1ccccc1)NCc1ccccc1. The molecule has 1 amide bonds. The van der Waals surface area contributed by atoms with E-state index in [4.69, 9.17) is 0 Å². The van der Waals surface area contributed by atoms with Gasteiger partial charge in [0.05, 0.1) is 0 Å². The number of unbranched alkanes of at least 4 members (excludes halogenated alkanes) is 1. The normalized spacial score (nSPS) is 17.1. The zero-order valence-corrected chi connectivity index (χ0v) is 21.6. The van der Waals surface area contributed by atoms with Gasteiger partial charge >= 0.3 is 0 Å². The molecule has 3 aromatic rings. The van der Waals surface area contributed by atoms with E-state index in [0.29, 0.717) is 13.0 Å². The lowest BCUT2D eigenvalue weighted by molar-refractivity contribution is -0.121. The number of aryl methyl sites for hydroxylation is 1. The number of carbonyl (C=O) groups excluding carboxylic acids is 1. The Kier molecular flexibility index (Phi) is 10.8. The van der Waals surface area contributed by atoms with E-state index in [9.17, 15) is 4.79 Å². The van der Waals surface area contributed by atoms with Gasteiger partial charge in [-0.2, -0.15) is 12.6 Å². The van der Waals surface area contributed by atoms with Crippen molar-refractivity contribution >= 4 is 18.5 Å². The van der Waals surface area contributed by atoms with Gasteiger partial charge in [0.2, 0.25) is 5.91 Å². The van der Waals surface area contributed by atoms with Gasteiger partial charge in [0.1, 0.15) is 12.2 Å². The lowest BCUT2D eigenvalue weighted by Gasteiger charge is -2.07. The van der Waals surface area contributed by atoms with Crippen LogP contribution in [0.1, 0.15) is 44.0 Å². The lowest BCUT2D eigenvalue weighted by Crippen LogP contribution is -2.22. The van der Waals surface area contributed by atoms with E-state index in [0.717, 1.165) is 48.2 Å². The van der Waals surface area contributed by atoms with Crippen LogP contribution in [0.2, 0.25) is 0 Å². The zero-order chi connectivity index (χ0) is 24.9. The maximum Gasteiger partial charge on any atom is 0.220 e. The van der Waals surface area contributed by atoms with Crippen LogP contribution in [-0.2, 0) is 17.8 Å². The summed E-state index contributed by atoms with van der Waals surface area (Å²) in [6.45, 7) is 2.76. The van der Waals surface area contributed by atoms with Crippen LogP contribution < -0.4 is 5.32 Å². The molecule has 2 aromatic carbocycles. The van der Waals surface area contributed by atoms with Crippen molar-refractivity contribution in [1.29, 1.82) is 0 Å². The highest BCUT2D eigenvalue weighted by molar-refractivity contribution is 7.79. The van der Waals surface area contributed by atoms with Crippen molar-refractivity contribution in [2.75, 3.05) is 6.26 Å². The van der Waals surface area contributed by atoms with E-state index in [1.165, 1.54) is 12.0 Å². The topological polar surface area (TPSA) is 59.8 Å². The van der Waals surface area contributed by atoms with E-state index < -0.39 is 0 Å². The third kappa shape index (κ3) is 8.87. The van der Waals surface area contributed by atoms with Crippen LogP contribution in [0.3, 0.4) is 0 Å². The molecule has 2 atom stereocenters. The first-order valence-corrected chi connectivity index (χ1v) is 13.1. The number of nitrogens with one attached hydrogen (secondary N) is 1. The van der Waals surface area contributed by atoms with Crippen LogP contribution in [-0.4, -0.2) is 26.9 Å². The van der Waals surface area contributed by atoms with Gasteiger partial charge in [-0.3, -0.25) is 9.36 Å². The van der Waals surface area contributed by atoms with Crippen molar-refractivity contribution in [2.24, 2.45) is 11.8 Å². The molecule has 5 nitrogen and oxygen atoms in total. The summed E-state index contributed by atoms with van der Waals surface area (Å²) in [5.41, 5.74) is 3.62. The fourth-order valence-electron chi connectivity index (χ4n) is 4.00. The van der Waals surface area contributed by atoms with Crippen molar-refractivity contribution in [1.82, 2.24) is 20.1 Å². The van der Waals surface area contributed by atoms with Gasteiger partial charge in [0.25, 0.3) is 0 Å². The highest BCUT2D eigenvalue weighted by Gasteiger charge is 2.34. The molecule has 0 saturated heterocycles. The summed E-state index contributed by atoms with van der Waals surface area (Å²) in [7, 11) is 0. The van der Waals surface area contributed by atoms with Gasteiger partial charge < -0.3 is 5.32 Å². The minimum absolute atomic E-state index is 0.0911. The Labute approximate surface area is 214 Å². The van der Waals surface area contributed by atoms with E-state index >= 15 is 0 Å². The Morgan fingerprint density at radius 1 is 1.03 bits per heavy atom. The first-order chi connectivity index (χ1) is 17.2. The molecule has 1 aromatic heterocycles. The van der Waals surface area contributed by atoms with E-state index in [-0.39, 0.29) is 5.91 Å². The van der Waals surface area contributed by atoms with Crippen LogP contribution in [0, 0.1) is 11.8 Å². The number of fused-ring (bicyclic) bond motifs is 1. The number of hydrogen-bond donors (Lipinski definition) is 2. The summed E-state index contributed by atoms with van der Waals surface area (Å²) in [5, 5.41) is 11.2. The Hall–Kier alpha value is -3.12. The average Bonchev–Trinajstić information content (AvgIpc) is 3.52. The minimum atomic E-state index is 0.0911. The highest BCUT2D eigenvalue weighted by Crippen LogP contribution is 2.43. The quantitative estimate of drug-likeness (QED) is 0.303. The largest absolute Gasteiger partial charge is 0.352 e. The first kappa shape index (κ1) is 26.5. The number of benzene rings is 2. The number of carbonyl (C=O) groups is 1. The number of rotatable bonds is 8. The molecule has 1 fully saturated rings. The number of allylic oxidation sites excluding steroid dienone is 4. The van der Waals surface area contributed by atoms with E-state index in [1.807, 2.05) is 65.2 Å². The number of para-hydroxylation sites is 1. The maximum atomic E-state index is 11.9. The van der Waals surface area contributed by atoms with Crippen molar-refractivity contribution in [3.05, 3.63) is 102 Å². The highest BCUT2D eigenvalue weighted by atomic mass is 32.1. The number of thiol groups is 1. The van der Waals surface area contributed by atoms with Crippen molar-refractivity contribution in [3.8, 4) is 5.69 Å². The van der Waals surface area contributed by atoms with Gasteiger partial charge in [0.15, 0.2) is 0 Å². The number of aromatic nitrogens is 3. The lowest BCUT2D eigenvalue weighted by atomic mass is 10.1. The van der Waals surface area contributed by atoms with Crippen LogP contribution in [0.25, 0.3) is 5.69 Å². The molecule has 0 bridgehead atoms. The first-order valence-electron chi connectivity index (χ1n) is 12.3. The monoisotopic (exact) mass is 488 g/mol. The predicted octanol–water partition coefficient (Wildman–Crippen LogP) is 5.98. The van der Waals surface area contributed by atoms with Gasteiger partial charge in [-0.25, -0.2) is 0 Å².